The monoisotopic (exact) mass is 244 g/mol. The largest absolute Gasteiger partial charge is 0.269 e. The summed E-state index contributed by atoms with van der Waals surface area (Å²) in [7, 11) is 0. The molecule has 3 heteroatoms. The van der Waals surface area contributed by atoms with Gasteiger partial charge < -0.3 is 0 Å². The van der Waals surface area contributed by atoms with Crippen LogP contribution in [0.25, 0.3) is 5.65 Å². The molecular weight excluding hydrogens is 224 g/mol. The Labute approximate surface area is 107 Å². The van der Waals surface area contributed by atoms with Crippen LogP contribution in [-0.2, 0) is 11.8 Å². The molecule has 0 saturated heterocycles. The van der Waals surface area contributed by atoms with Gasteiger partial charge in [0.25, 0.3) is 5.56 Å². The third-order valence-corrected chi connectivity index (χ3v) is 3.23. The first-order valence-corrected chi connectivity index (χ1v) is 6.36. The van der Waals surface area contributed by atoms with Crippen molar-refractivity contribution in [2.75, 3.05) is 0 Å². The zero-order chi connectivity index (χ0) is 13.5. The number of nitrogens with zero attached hydrogens (tertiary/aromatic N) is 2. The second kappa shape index (κ2) is 4.23. The molecular formula is C15H20N2O. The van der Waals surface area contributed by atoms with Gasteiger partial charge in [0.05, 0.1) is 0 Å². The Morgan fingerprint density at radius 2 is 1.94 bits per heavy atom. The summed E-state index contributed by atoms with van der Waals surface area (Å²) < 4.78 is 1.66. The number of aryl methyl sites for hydroxylation is 2. The van der Waals surface area contributed by atoms with E-state index < -0.39 is 0 Å². The summed E-state index contributed by atoms with van der Waals surface area (Å²) in [6, 6.07) is 3.75. The van der Waals surface area contributed by atoms with Gasteiger partial charge >= 0.3 is 0 Å². The van der Waals surface area contributed by atoms with Gasteiger partial charge in [-0.2, -0.15) is 0 Å². The van der Waals surface area contributed by atoms with Crippen LogP contribution in [0.5, 0.6) is 0 Å². The molecule has 0 fully saturated rings. The topological polar surface area (TPSA) is 34.4 Å². The maximum Gasteiger partial charge on any atom is 0.258 e. The Morgan fingerprint density at radius 3 is 2.50 bits per heavy atom. The van der Waals surface area contributed by atoms with Gasteiger partial charge in [0.1, 0.15) is 5.65 Å². The normalized spacial score (nSPS) is 12.1. The van der Waals surface area contributed by atoms with Crippen molar-refractivity contribution in [3.05, 3.63) is 45.5 Å². The number of hydrogen-bond acceptors (Lipinski definition) is 2. The lowest BCUT2D eigenvalue weighted by molar-refractivity contribution is 0.585. The van der Waals surface area contributed by atoms with Crippen LogP contribution in [0.1, 0.15) is 44.5 Å². The van der Waals surface area contributed by atoms with Crippen molar-refractivity contribution in [1.82, 2.24) is 9.38 Å². The molecule has 2 aromatic heterocycles. The first-order chi connectivity index (χ1) is 8.32. The first-order valence-electron chi connectivity index (χ1n) is 6.36. The Kier molecular flexibility index (Phi) is 3.01. The molecule has 0 spiro atoms. The minimum Gasteiger partial charge on any atom is -0.269 e. The summed E-state index contributed by atoms with van der Waals surface area (Å²) >= 11 is 0. The SMILES string of the molecule is CCc1cc(=O)n2cc(C(C)(C)C)cc(C)c2n1. The summed E-state index contributed by atoms with van der Waals surface area (Å²) in [4.78, 5) is 16.7. The summed E-state index contributed by atoms with van der Waals surface area (Å²) in [5, 5.41) is 0. The molecule has 3 nitrogen and oxygen atoms in total. The molecule has 2 aromatic rings. The lowest BCUT2D eigenvalue weighted by atomic mass is 9.87. The molecule has 0 atom stereocenters. The van der Waals surface area contributed by atoms with E-state index in [1.165, 1.54) is 0 Å². The van der Waals surface area contributed by atoms with Gasteiger partial charge in [0, 0.05) is 18.0 Å². The van der Waals surface area contributed by atoms with Crippen molar-refractivity contribution in [3.8, 4) is 0 Å². The predicted octanol–water partition coefficient (Wildman–Crippen LogP) is 2.86. The van der Waals surface area contributed by atoms with Crippen LogP contribution >= 0.6 is 0 Å². The summed E-state index contributed by atoms with van der Waals surface area (Å²) in [5.74, 6) is 0. The molecule has 0 N–H and O–H groups in total. The maximum absolute atomic E-state index is 12.1. The van der Waals surface area contributed by atoms with E-state index in [2.05, 4.69) is 31.8 Å². The van der Waals surface area contributed by atoms with E-state index in [0.29, 0.717) is 0 Å². The van der Waals surface area contributed by atoms with Gasteiger partial charge in [-0.15, -0.1) is 0 Å². The number of hydrogen-bond donors (Lipinski definition) is 0. The molecule has 0 bridgehead atoms. The maximum atomic E-state index is 12.1. The standard InChI is InChI=1S/C15H20N2O/c1-6-12-8-13(18)17-9-11(15(3,4)5)7-10(2)14(17)16-12/h7-9H,6H2,1-5H3. The number of fused-ring (bicyclic) bond motifs is 1. The molecule has 96 valence electrons. The average Bonchev–Trinajstić information content (AvgIpc) is 2.28. The van der Waals surface area contributed by atoms with Crippen molar-refractivity contribution >= 4 is 5.65 Å². The number of rotatable bonds is 1. The molecule has 2 rings (SSSR count). The van der Waals surface area contributed by atoms with Gasteiger partial charge in [0.2, 0.25) is 0 Å². The highest BCUT2D eigenvalue weighted by Gasteiger charge is 2.16. The molecule has 0 saturated carbocycles. The van der Waals surface area contributed by atoms with E-state index in [1.807, 2.05) is 20.0 Å². The van der Waals surface area contributed by atoms with Gasteiger partial charge in [-0.1, -0.05) is 33.8 Å². The van der Waals surface area contributed by atoms with E-state index in [-0.39, 0.29) is 11.0 Å². The van der Waals surface area contributed by atoms with Gasteiger partial charge in [-0.05, 0) is 29.9 Å². The van der Waals surface area contributed by atoms with Crippen molar-refractivity contribution in [1.29, 1.82) is 0 Å². The quantitative estimate of drug-likeness (QED) is 0.773. The zero-order valence-electron chi connectivity index (χ0n) is 11.7. The predicted molar refractivity (Wildman–Crippen MR) is 74.3 cm³/mol. The zero-order valence-corrected chi connectivity index (χ0v) is 11.7. The Morgan fingerprint density at radius 1 is 1.28 bits per heavy atom. The minimum atomic E-state index is 0.00560. The van der Waals surface area contributed by atoms with E-state index in [4.69, 9.17) is 0 Å². The van der Waals surface area contributed by atoms with Crippen molar-refractivity contribution in [2.45, 2.75) is 46.5 Å². The molecule has 0 radical (unpaired) electrons. The molecule has 0 unspecified atom stereocenters. The fraction of sp³-hybridized carbons (Fsp3) is 0.467. The molecule has 0 aliphatic heterocycles. The summed E-state index contributed by atoms with van der Waals surface area (Å²) in [6.45, 7) is 10.5. The highest BCUT2D eigenvalue weighted by atomic mass is 16.1. The van der Waals surface area contributed by atoms with E-state index in [1.54, 1.807) is 10.5 Å². The average molecular weight is 244 g/mol. The number of pyridine rings is 1. The molecule has 0 amide bonds. The van der Waals surface area contributed by atoms with Crippen LogP contribution in [0.2, 0.25) is 0 Å². The molecule has 0 aliphatic rings. The highest BCUT2D eigenvalue weighted by Crippen LogP contribution is 2.23. The molecule has 0 aromatic carbocycles. The van der Waals surface area contributed by atoms with Gasteiger partial charge in [-0.25, -0.2) is 4.98 Å². The first kappa shape index (κ1) is 12.8. The Balaban J connectivity index is 2.82. The fourth-order valence-electron chi connectivity index (χ4n) is 2.01. The third-order valence-electron chi connectivity index (χ3n) is 3.23. The van der Waals surface area contributed by atoms with Crippen LogP contribution < -0.4 is 5.56 Å². The van der Waals surface area contributed by atoms with Crippen LogP contribution in [0, 0.1) is 6.92 Å². The second-order valence-corrected chi connectivity index (χ2v) is 5.79. The van der Waals surface area contributed by atoms with E-state index in [0.717, 1.165) is 28.9 Å². The van der Waals surface area contributed by atoms with Crippen LogP contribution in [0.4, 0.5) is 0 Å². The van der Waals surface area contributed by atoms with Crippen molar-refractivity contribution in [3.63, 3.8) is 0 Å². The minimum absolute atomic E-state index is 0.00560. The van der Waals surface area contributed by atoms with Crippen LogP contribution in [0.3, 0.4) is 0 Å². The molecule has 0 aliphatic carbocycles. The van der Waals surface area contributed by atoms with Gasteiger partial charge in [0.15, 0.2) is 0 Å². The van der Waals surface area contributed by atoms with Crippen LogP contribution in [0.15, 0.2) is 23.1 Å². The lowest BCUT2D eigenvalue weighted by Gasteiger charge is -2.20. The molecule has 18 heavy (non-hydrogen) atoms. The summed E-state index contributed by atoms with van der Waals surface area (Å²) in [6.07, 6.45) is 2.70. The van der Waals surface area contributed by atoms with E-state index >= 15 is 0 Å². The highest BCUT2D eigenvalue weighted by molar-refractivity contribution is 5.49. The molecule has 2 heterocycles. The fourth-order valence-corrected chi connectivity index (χ4v) is 2.01. The smallest absolute Gasteiger partial charge is 0.258 e. The van der Waals surface area contributed by atoms with E-state index in [9.17, 15) is 4.79 Å². The Bertz CT molecular complexity index is 648. The third kappa shape index (κ3) is 2.17. The van der Waals surface area contributed by atoms with Crippen molar-refractivity contribution < 1.29 is 0 Å². The summed E-state index contributed by atoms with van der Waals surface area (Å²) in [5.41, 5.74) is 3.86. The van der Waals surface area contributed by atoms with Crippen molar-refractivity contribution in [2.24, 2.45) is 0 Å². The van der Waals surface area contributed by atoms with Crippen LogP contribution in [-0.4, -0.2) is 9.38 Å². The second-order valence-electron chi connectivity index (χ2n) is 5.79. The lowest BCUT2D eigenvalue weighted by Crippen LogP contribution is -2.20. The Hall–Kier alpha value is -1.64. The number of aromatic nitrogens is 2. The van der Waals surface area contributed by atoms with Gasteiger partial charge in [-0.3, -0.25) is 9.20 Å².